The molecule has 1 fully saturated rings. The first-order valence-corrected chi connectivity index (χ1v) is 8.37. The number of halogens is 1. The lowest BCUT2D eigenvalue weighted by molar-refractivity contribution is -0.124. The highest BCUT2D eigenvalue weighted by molar-refractivity contribution is 5.94. The SMILES string of the molecule is O=C(COC[C@@H]1CCCO1)N(Cc1ccccn1)c1ccc(F)cc1. The fourth-order valence-corrected chi connectivity index (χ4v) is 2.73. The molecule has 1 aliphatic rings. The van der Waals surface area contributed by atoms with Crippen LogP contribution in [0.1, 0.15) is 18.5 Å². The van der Waals surface area contributed by atoms with E-state index in [1.54, 1.807) is 23.2 Å². The first-order chi connectivity index (χ1) is 12.2. The van der Waals surface area contributed by atoms with Gasteiger partial charge in [0.05, 0.1) is 24.9 Å². The van der Waals surface area contributed by atoms with Crippen molar-refractivity contribution in [2.45, 2.75) is 25.5 Å². The van der Waals surface area contributed by atoms with Gasteiger partial charge in [0.2, 0.25) is 0 Å². The smallest absolute Gasteiger partial charge is 0.253 e. The molecule has 6 heteroatoms. The second kappa shape index (κ2) is 8.69. The Labute approximate surface area is 146 Å². The number of aromatic nitrogens is 1. The number of amides is 1. The van der Waals surface area contributed by atoms with E-state index in [4.69, 9.17) is 9.47 Å². The van der Waals surface area contributed by atoms with Gasteiger partial charge in [0, 0.05) is 18.5 Å². The normalized spacial score (nSPS) is 16.8. The van der Waals surface area contributed by atoms with Crippen LogP contribution in [0.5, 0.6) is 0 Å². The summed E-state index contributed by atoms with van der Waals surface area (Å²) in [5, 5.41) is 0. The van der Waals surface area contributed by atoms with Crippen LogP contribution in [0.15, 0.2) is 48.7 Å². The van der Waals surface area contributed by atoms with Gasteiger partial charge in [0.25, 0.3) is 5.91 Å². The van der Waals surface area contributed by atoms with Crippen molar-refractivity contribution < 1.29 is 18.7 Å². The molecule has 1 aliphatic heterocycles. The topological polar surface area (TPSA) is 51.7 Å². The summed E-state index contributed by atoms with van der Waals surface area (Å²) in [6.45, 7) is 1.41. The van der Waals surface area contributed by atoms with Gasteiger partial charge in [-0.05, 0) is 49.2 Å². The number of hydrogen-bond acceptors (Lipinski definition) is 4. The molecule has 0 saturated carbocycles. The molecule has 1 saturated heterocycles. The molecule has 2 aromatic rings. The maximum absolute atomic E-state index is 13.2. The monoisotopic (exact) mass is 344 g/mol. The minimum absolute atomic E-state index is 0.0515. The standard InChI is InChI=1S/C19H21FN2O3/c20-15-6-8-17(9-7-15)22(12-16-4-1-2-10-21-16)19(23)14-24-13-18-5-3-11-25-18/h1-2,4,6-10,18H,3,5,11-14H2/t18-/m0/s1. The van der Waals surface area contributed by atoms with Gasteiger partial charge in [0.1, 0.15) is 12.4 Å². The molecular weight excluding hydrogens is 323 g/mol. The Morgan fingerprint density at radius 3 is 2.80 bits per heavy atom. The fraction of sp³-hybridized carbons (Fsp3) is 0.368. The predicted octanol–water partition coefficient (Wildman–Crippen LogP) is 2.95. The van der Waals surface area contributed by atoms with Crippen LogP contribution in [0.25, 0.3) is 0 Å². The lowest BCUT2D eigenvalue weighted by atomic mass is 10.2. The molecule has 25 heavy (non-hydrogen) atoms. The van der Waals surface area contributed by atoms with E-state index in [1.165, 1.54) is 12.1 Å². The number of hydrogen-bond donors (Lipinski definition) is 0. The van der Waals surface area contributed by atoms with Gasteiger partial charge in [-0.3, -0.25) is 9.78 Å². The first kappa shape index (κ1) is 17.5. The quantitative estimate of drug-likeness (QED) is 0.775. The minimum atomic E-state index is -0.344. The third-order valence-corrected chi connectivity index (χ3v) is 4.04. The van der Waals surface area contributed by atoms with E-state index >= 15 is 0 Å². The summed E-state index contributed by atoms with van der Waals surface area (Å²) < 4.78 is 24.2. The van der Waals surface area contributed by atoms with Crippen molar-refractivity contribution >= 4 is 11.6 Å². The third-order valence-electron chi connectivity index (χ3n) is 4.04. The number of rotatable bonds is 7. The molecule has 5 nitrogen and oxygen atoms in total. The van der Waals surface area contributed by atoms with Crippen LogP contribution in [-0.2, 0) is 20.8 Å². The summed E-state index contributed by atoms with van der Waals surface area (Å²) in [4.78, 5) is 18.5. The van der Waals surface area contributed by atoms with Gasteiger partial charge in [0.15, 0.2) is 0 Å². The molecule has 2 heterocycles. The van der Waals surface area contributed by atoms with E-state index < -0.39 is 0 Å². The molecule has 3 rings (SSSR count). The van der Waals surface area contributed by atoms with E-state index in [2.05, 4.69) is 4.98 Å². The van der Waals surface area contributed by atoms with Gasteiger partial charge >= 0.3 is 0 Å². The van der Waals surface area contributed by atoms with Crippen LogP contribution in [-0.4, -0.2) is 36.8 Å². The molecular formula is C19H21FN2O3. The minimum Gasteiger partial charge on any atom is -0.376 e. The second-order valence-corrected chi connectivity index (χ2v) is 5.93. The van der Waals surface area contributed by atoms with E-state index in [9.17, 15) is 9.18 Å². The number of anilines is 1. The number of carbonyl (C=O) groups excluding carboxylic acids is 1. The summed E-state index contributed by atoms with van der Waals surface area (Å²) in [7, 11) is 0. The zero-order valence-electron chi connectivity index (χ0n) is 13.9. The molecule has 0 radical (unpaired) electrons. The Bertz CT molecular complexity index is 673. The van der Waals surface area contributed by atoms with Gasteiger partial charge in [-0.2, -0.15) is 0 Å². The fourth-order valence-electron chi connectivity index (χ4n) is 2.73. The van der Waals surface area contributed by atoms with E-state index in [-0.39, 0.29) is 24.4 Å². The lowest BCUT2D eigenvalue weighted by Crippen LogP contribution is -2.34. The van der Waals surface area contributed by atoms with Gasteiger partial charge in [-0.25, -0.2) is 4.39 Å². The number of nitrogens with zero attached hydrogens (tertiary/aromatic N) is 2. The Hall–Kier alpha value is -2.31. The zero-order valence-corrected chi connectivity index (χ0v) is 13.9. The number of ether oxygens (including phenoxy) is 2. The number of carbonyl (C=O) groups is 1. The highest BCUT2D eigenvalue weighted by atomic mass is 19.1. The molecule has 1 aromatic carbocycles. The molecule has 1 atom stereocenters. The van der Waals surface area contributed by atoms with E-state index in [0.717, 1.165) is 25.1 Å². The van der Waals surface area contributed by atoms with Crippen molar-refractivity contribution in [2.75, 3.05) is 24.7 Å². The average molecular weight is 344 g/mol. The van der Waals surface area contributed by atoms with Crippen LogP contribution in [0.4, 0.5) is 10.1 Å². The highest BCUT2D eigenvalue weighted by Crippen LogP contribution is 2.18. The molecule has 1 amide bonds. The van der Waals surface area contributed by atoms with Crippen molar-refractivity contribution in [3.63, 3.8) is 0 Å². The molecule has 132 valence electrons. The third kappa shape index (κ3) is 5.08. The molecule has 0 aliphatic carbocycles. The van der Waals surface area contributed by atoms with Crippen LogP contribution >= 0.6 is 0 Å². The van der Waals surface area contributed by atoms with Crippen molar-refractivity contribution in [1.29, 1.82) is 0 Å². The molecule has 0 bridgehead atoms. The molecule has 0 unspecified atom stereocenters. The Morgan fingerprint density at radius 2 is 2.12 bits per heavy atom. The highest BCUT2D eigenvalue weighted by Gasteiger charge is 2.20. The Morgan fingerprint density at radius 1 is 1.28 bits per heavy atom. The van der Waals surface area contributed by atoms with Crippen LogP contribution in [0.2, 0.25) is 0 Å². The summed E-state index contributed by atoms with van der Waals surface area (Å²) >= 11 is 0. The molecule has 1 aromatic heterocycles. The maximum Gasteiger partial charge on any atom is 0.253 e. The summed E-state index contributed by atoms with van der Waals surface area (Å²) in [5.74, 6) is -0.543. The van der Waals surface area contributed by atoms with Gasteiger partial charge in [-0.1, -0.05) is 6.07 Å². The van der Waals surface area contributed by atoms with Crippen LogP contribution in [0.3, 0.4) is 0 Å². The van der Waals surface area contributed by atoms with Gasteiger partial charge < -0.3 is 14.4 Å². The van der Waals surface area contributed by atoms with Crippen LogP contribution in [0, 0.1) is 5.82 Å². The molecule has 0 N–H and O–H groups in total. The maximum atomic E-state index is 13.2. The molecule has 0 spiro atoms. The number of pyridine rings is 1. The zero-order chi connectivity index (χ0) is 17.5. The van der Waals surface area contributed by atoms with E-state index in [1.807, 2.05) is 18.2 Å². The Kier molecular flexibility index (Phi) is 6.09. The van der Waals surface area contributed by atoms with Crippen molar-refractivity contribution in [1.82, 2.24) is 4.98 Å². The van der Waals surface area contributed by atoms with Crippen molar-refractivity contribution in [3.8, 4) is 0 Å². The predicted molar refractivity (Wildman–Crippen MR) is 91.6 cm³/mol. The average Bonchev–Trinajstić information content (AvgIpc) is 3.15. The van der Waals surface area contributed by atoms with Crippen molar-refractivity contribution in [2.24, 2.45) is 0 Å². The summed E-state index contributed by atoms with van der Waals surface area (Å²) in [5.41, 5.74) is 1.36. The summed E-state index contributed by atoms with van der Waals surface area (Å²) in [6, 6.07) is 11.4. The van der Waals surface area contributed by atoms with Crippen LogP contribution < -0.4 is 4.90 Å². The first-order valence-electron chi connectivity index (χ1n) is 8.37. The second-order valence-electron chi connectivity index (χ2n) is 5.93. The van der Waals surface area contributed by atoms with E-state index in [0.29, 0.717) is 18.8 Å². The Balaban J connectivity index is 1.66. The summed E-state index contributed by atoms with van der Waals surface area (Å²) in [6.07, 6.45) is 3.74. The van der Waals surface area contributed by atoms with Crippen molar-refractivity contribution in [3.05, 3.63) is 60.2 Å². The largest absolute Gasteiger partial charge is 0.376 e. The lowest BCUT2D eigenvalue weighted by Gasteiger charge is -2.23. The number of benzene rings is 1. The van der Waals surface area contributed by atoms with Gasteiger partial charge in [-0.15, -0.1) is 0 Å².